The van der Waals surface area contributed by atoms with Crippen molar-refractivity contribution in [3.05, 3.63) is 41.3 Å². The minimum absolute atomic E-state index is 0.0935. The molecule has 0 aromatic carbocycles. The fraction of sp³-hybridized carbons (Fsp3) is 0.538. The summed E-state index contributed by atoms with van der Waals surface area (Å²) in [6.45, 7) is 10.8. The Labute approximate surface area is 225 Å². The first-order valence-electron chi connectivity index (χ1n) is 13.3. The molecule has 0 saturated carbocycles. The van der Waals surface area contributed by atoms with E-state index in [-0.39, 0.29) is 23.5 Å². The van der Waals surface area contributed by atoms with Gasteiger partial charge in [-0.05, 0) is 53.9 Å². The average Bonchev–Trinajstić information content (AvgIpc) is 3.62. The molecule has 1 aliphatic rings. The summed E-state index contributed by atoms with van der Waals surface area (Å²) in [6, 6.07) is -0.159. The summed E-state index contributed by atoms with van der Waals surface area (Å²) in [5, 5.41) is 16.5. The molecule has 13 heteroatoms. The highest BCUT2D eigenvalue weighted by molar-refractivity contribution is 5.67. The number of nitrogens with zero attached hydrogens (tertiary/aromatic N) is 8. The number of aromatic nitrogens is 8. The van der Waals surface area contributed by atoms with Crippen molar-refractivity contribution in [3.63, 3.8) is 0 Å². The topological polar surface area (TPSA) is 135 Å². The lowest BCUT2D eigenvalue weighted by Crippen LogP contribution is -2.34. The van der Waals surface area contributed by atoms with Gasteiger partial charge in [0.25, 0.3) is 5.56 Å². The predicted octanol–water partition coefficient (Wildman–Crippen LogP) is 3.42. The maximum atomic E-state index is 13.5. The van der Waals surface area contributed by atoms with Crippen LogP contribution in [0.15, 0.2) is 35.8 Å². The van der Waals surface area contributed by atoms with E-state index in [2.05, 4.69) is 20.5 Å². The number of carbonyl (C=O) groups excluding carboxylic acids is 1. The van der Waals surface area contributed by atoms with Crippen LogP contribution in [0.3, 0.4) is 0 Å². The fourth-order valence-electron chi connectivity index (χ4n) is 4.56. The van der Waals surface area contributed by atoms with Crippen molar-refractivity contribution in [3.8, 4) is 22.6 Å². The highest BCUT2D eigenvalue weighted by atomic mass is 16.6. The van der Waals surface area contributed by atoms with Crippen molar-refractivity contribution in [1.82, 2.24) is 44.0 Å². The number of amides is 1. The largest absolute Gasteiger partial charge is 0.444 e. The van der Waals surface area contributed by atoms with E-state index in [1.165, 1.54) is 0 Å². The molecule has 0 spiro atoms. The number of imidazole rings is 1. The molecule has 1 N–H and O–H groups in total. The van der Waals surface area contributed by atoms with Gasteiger partial charge in [-0.3, -0.25) is 14.0 Å². The lowest BCUT2D eigenvalue weighted by molar-refractivity contribution is -0.0394. The smallest absolute Gasteiger partial charge is 0.407 e. The van der Waals surface area contributed by atoms with Gasteiger partial charge < -0.3 is 14.8 Å². The molecule has 1 amide bonds. The van der Waals surface area contributed by atoms with Gasteiger partial charge in [0.2, 0.25) is 5.65 Å². The standard InChI is InChI=1S/C26H35N9O4/c1-17(2)34-22(19-13-29-32(15-19)10-9-27-25(37)39-26(3,4)5)31-35-20(14-28-23(35)24(34)36)18-12-30-33(16-18)21-8-6-7-11-38-21/h12-17,21H,6-11H2,1-5H3,(H,27,37). The van der Waals surface area contributed by atoms with Crippen molar-refractivity contribution in [2.75, 3.05) is 13.2 Å². The van der Waals surface area contributed by atoms with Crippen LogP contribution in [0, 0.1) is 0 Å². The monoisotopic (exact) mass is 537 g/mol. The number of carbonyl (C=O) groups is 1. The van der Waals surface area contributed by atoms with E-state index in [4.69, 9.17) is 14.6 Å². The van der Waals surface area contributed by atoms with Gasteiger partial charge in [-0.25, -0.2) is 19.0 Å². The second-order valence-corrected chi connectivity index (χ2v) is 10.9. The van der Waals surface area contributed by atoms with Crippen molar-refractivity contribution >= 4 is 11.7 Å². The molecule has 13 nitrogen and oxygen atoms in total. The number of nitrogens with one attached hydrogen (secondary N) is 1. The summed E-state index contributed by atoms with van der Waals surface area (Å²) < 4.78 is 17.8. The molecule has 5 heterocycles. The van der Waals surface area contributed by atoms with E-state index in [9.17, 15) is 9.59 Å². The molecular formula is C26H35N9O4. The quantitative estimate of drug-likeness (QED) is 0.379. The Balaban J connectivity index is 1.43. The van der Waals surface area contributed by atoms with E-state index in [0.29, 0.717) is 30.2 Å². The first-order valence-corrected chi connectivity index (χ1v) is 13.3. The number of ether oxygens (including phenoxy) is 2. The summed E-state index contributed by atoms with van der Waals surface area (Å²) in [4.78, 5) is 29.9. The molecule has 1 aliphatic heterocycles. The van der Waals surface area contributed by atoms with Crippen LogP contribution in [-0.4, -0.2) is 63.6 Å². The minimum Gasteiger partial charge on any atom is -0.444 e. The molecule has 5 rings (SSSR count). The minimum atomic E-state index is -0.567. The van der Waals surface area contributed by atoms with Gasteiger partial charge in [-0.1, -0.05) is 0 Å². The third-order valence-corrected chi connectivity index (χ3v) is 6.34. The summed E-state index contributed by atoms with van der Waals surface area (Å²) >= 11 is 0. The van der Waals surface area contributed by atoms with E-state index in [0.717, 1.165) is 31.4 Å². The maximum absolute atomic E-state index is 13.5. The van der Waals surface area contributed by atoms with Crippen LogP contribution in [0.1, 0.15) is 66.2 Å². The van der Waals surface area contributed by atoms with Crippen LogP contribution in [0.2, 0.25) is 0 Å². The third kappa shape index (κ3) is 5.72. The van der Waals surface area contributed by atoms with Crippen LogP contribution in [0.4, 0.5) is 4.79 Å². The molecule has 1 fully saturated rings. The normalized spacial score (nSPS) is 16.2. The maximum Gasteiger partial charge on any atom is 0.407 e. The lowest BCUT2D eigenvalue weighted by atomic mass is 10.2. The molecule has 39 heavy (non-hydrogen) atoms. The van der Waals surface area contributed by atoms with Crippen LogP contribution in [0.25, 0.3) is 28.3 Å². The Morgan fingerprint density at radius 3 is 2.67 bits per heavy atom. The van der Waals surface area contributed by atoms with Gasteiger partial charge in [0, 0.05) is 37.2 Å². The molecule has 1 atom stereocenters. The molecule has 1 unspecified atom stereocenters. The molecule has 208 valence electrons. The number of fused-ring (bicyclic) bond motifs is 1. The van der Waals surface area contributed by atoms with Gasteiger partial charge in [0.15, 0.2) is 5.82 Å². The van der Waals surface area contributed by atoms with Gasteiger partial charge in [0.1, 0.15) is 11.8 Å². The van der Waals surface area contributed by atoms with Crippen molar-refractivity contribution in [2.24, 2.45) is 0 Å². The molecule has 0 radical (unpaired) electrons. The Kier molecular flexibility index (Phi) is 7.25. The number of rotatable bonds is 7. The number of hydrogen-bond acceptors (Lipinski definition) is 8. The molecular weight excluding hydrogens is 502 g/mol. The van der Waals surface area contributed by atoms with Gasteiger partial charge in [-0.15, -0.1) is 5.10 Å². The average molecular weight is 538 g/mol. The Morgan fingerprint density at radius 2 is 1.95 bits per heavy atom. The zero-order chi connectivity index (χ0) is 27.7. The van der Waals surface area contributed by atoms with Crippen LogP contribution < -0.4 is 10.9 Å². The molecule has 1 saturated heterocycles. The van der Waals surface area contributed by atoms with Gasteiger partial charge >= 0.3 is 6.09 Å². The summed E-state index contributed by atoms with van der Waals surface area (Å²) in [7, 11) is 0. The SMILES string of the molecule is CC(C)n1c(-c2cnn(CCNC(=O)OC(C)(C)C)c2)nn2c(-c3cnn(C4CCCCO4)c3)cnc2c1=O. The van der Waals surface area contributed by atoms with Crippen LogP contribution in [0.5, 0.6) is 0 Å². The number of hydrogen-bond donors (Lipinski definition) is 1. The Bertz CT molecular complexity index is 1520. The van der Waals surface area contributed by atoms with E-state index < -0.39 is 11.7 Å². The fourth-order valence-corrected chi connectivity index (χ4v) is 4.56. The first-order chi connectivity index (χ1) is 18.6. The van der Waals surface area contributed by atoms with Crippen LogP contribution in [-0.2, 0) is 16.0 Å². The highest BCUT2D eigenvalue weighted by Gasteiger charge is 2.22. The number of alkyl carbamates (subject to hydrolysis) is 1. The summed E-state index contributed by atoms with van der Waals surface area (Å²) in [5.74, 6) is 0.469. The Morgan fingerprint density at radius 1 is 1.15 bits per heavy atom. The highest BCUT2D eigenvalue weighted by Crippen LogP contribution is 2.26. The van der Waals surface area contributed by atoms with E-state index in [1.54, 1.807) is 38.6 Å². The van der Waals surface area contributed by atoms with Gasteiger partial charge in [-0.2, -0.15) is 10.2 Å². The first kappa shape index (κ1) is 26.6. The molecule has 0 bridgehead atoms. The second-order valence-electron chi connectivity index (χ2n) is 10.9. The van der Waals surface area contributed by atoms with Crippen LogP contribution >= 0.6 is 0 Å². The lowest BCUT2D eigenvalue weighted by Gasteiger charge is -2.22. The van der Waals surface area contributed by atoms with Crippen molar-refractivity contribution in [2.45, 2.75) is 78.3 Å². The molecule has 4 aromatic heterocycles. The zero-order valence-electron chi connectivity index (χ0n) is 23.0. The van der Waals surface area contributed by atoms with Crippen molar-refractivity contribution in [1.29, 1.82) is 0 Å². The molecule has 0 aliphatic carbocycles. The predicted molar refractivity (Wildman–Crippen MR) is 143 cm³/mol. The van der Waals surface area contributed by atoms with Crippen molar-refractivity contribution < 1.29 is 14.3 Å². The second kappa shape index (κ2) is 10.6. The zero-order valence-corrected chi connectivity index (χ0v) is 23.0. The summed E-state index contributed by atoms with van der Waals surface area (Å²) in [6.07, 6.45) is 11.2. The van der Waals surface area contributed by atoms with Gasteiger partial charge in [0.05, 0.1) is 36.4 Å². The Hall–Kier alpha value is -4.00. The molecule has 4 aromatic rings. The van der Waals surface area contributed by atoms with E-state index >= 15 is 0 Å². The third-order valence-electron chi connectivity index (χ3n) is 6.34. The summed E-state index contributed by atoms with van der Waals surface area (Å²) in [5.41, 5.74) is 1.55. The van der Waals surface area contributed by atoms with E-state index in [1.807, 2.05) is 45.5 Å².